The van der Waals surface area contributed by atoms with Crippen molar-refractivity contribution in [1.29, 1.82) is 0 Å². The largest absolute Gasteiger partial charge is 0.454 e. The van der Waals surface area contributed by atoms with Crippen LogP contribution in [-0.4, -0.2) is 10.2 Å². The van der Waals surface area contributed by atoms with Gasteiger partial charge in [0.15, 0.2) is 5.75 Å². The van der Waals surface area contributed by atoms with Gasteiger partial charge in [-0.15, -0.1) is 0 Å². The third-order valence-corrected chi connectivity index (χ3v) is 3.22. The molecule has 3 rings (SSSR count). The molecule has 0 saturated carbocycles. The van der Waals surface area contributed by atoms with Crippen molar-refractivity contribution in [1.82, 2.24) is 10.2 Å². The highest BCUT2D eigenvalue weighted by Gasteiger charge is 2.06. The standard InChI is InChI=1S/C14H9BrN2O/c15-11-6-2-4-8-13(11)18-14-9-16-17-12-7-3-1-5-10(12)14/h1-9H. The Balaban J connectivity index is 2.08. The Bertz CT molecular complexity index is 695. The zero-order chi connectivity index (χ0) is 12.4. The van der Waals surface area contributed by atoms with E-state index >= 15 is 0 Å². The van der Waals surface area contributed by atoms with Gasteiger partial charge >= 0.3 is 0 Å². The molecule has 0 aliphatic heterocycles. The first-order valence-electron chi connectivity index (χ1n) is 5.47. The van der Waals surface area contributed by atoms with Crippen LogP contribution in [0.5, 0.6) is 11.5 Å². The van der Waals surface area contributed by atoms with Crippen molar-refractivity contribution in [3.8, 4) is 11.5 Å². The highest BCUT2D eigenvalue weighted by Crippen LogP contribution is 2.32. The van der Waals surface area contributed by atoms with Crippen molar-refractivity contribution in [2.75, 3.05) is 0 Å². The first kappa shape index (κ1) is 11.2. The Kier molecular flexibility index (Phi) is 2.94. The van der Waals surface area contributed by atoms with Crippen LogP contribution in [0.1, 0.15) is 0 Å². The molecule has 0 fully saturated rings. The minimum Gasteiger partial charge on any atom is -0.454 e. The smallest absolute Gasteiger partial charge is 0.157 e. The summed E-state index contributed by atoms with van der Waals surface area (Å²) >= 11 is 3.46. The molecule has 0 atom stereocenters. The quantitative estimate of drug-likeness (QED) is 0.712. The molecule has 3 nitrogen and oxygen atoms in total. The SMILES string of the molecule is Brc1ccccc1Oc1cnnc2ccccc12. The van der Waals surface area contributed by atoms with Crippen LogP contribution in [0.2, 0.25) is 0 Å². The molecule has 88 valence electrons. The van der Waals surface area contributed by atoms with Crippen molar-refractivity contribution >= 4 is 26.8 Å². The fourth-order valence-corrected chi connectivity index (χ4v) is 2.08. The maximum atomic E-state index is 5.87. The second-order valence-corrected chi connectivity index (χ2v) is 4.61. The second kappa shape index (κ2) is 4.74. The Hall–Kier alpha value is -1.94. The summed E-state index contributed by atoms with van der Waals surface area (Å²) in [6, 6.07) is 15.5. The van der Waals surface area contributed by atoms with Gasteiger partial charge < -0.3 is 4.74 Å². The van der Waals surface area contributed by atoms with Crippen LogP contribution >= 0.6 is 15.9 Å². The van der Waals surface area contributed by atoms with Crippen LogP contribution in [-0.2, 0) is 0 Å². The van der Waals surface area contributed by atoms with Crippen molar-refractivity contribution < 1.29 is 4.74 Å². The van der Waals surface area contributed by atoms with Crippen LogP contribution in [0, 0.1) is 0 Å². The van der Waals surface area contributed by atoms with Gasteiger partial charge in [0.25, 0.3) is 0 Å². The topological polar surface area (TPSA) is 35.0 Å². The van der Waals surface area contributed by atoms with Gasteiger partial charge in [0, 0.05) is 5.39 Å². The molecule has 0 saturated heterocycles. The van der Waals surface area contributed by atoms with E-state index in [4.69, 9.17) is 4.74 Å². The molecule has 0 N–H and O–H groups in total. The summed E-state index contributed by atoms with van der Waals surface area (Å²) in [7, 11) is 0. The molecule has 1 heterocycles. The van der Waals surface area contributed by atoms with Gasteiger partial charge in [-0.25, -0.2) is 0 Å². The fraction of sp³-hybridized carbons (Fsp3) is 0. The number of fused-ring (bicyclic) bond motifs is 1. The third-order valence-electron chi connectivity index (χ3n) is 2.57. The molecule has 0 unspecified atom stereocenters. The lowest BCUT2D eigenvalue weighted by atomic mass is 10.2. The van der Waals surface area contributed by atoms with E-state index in [9.17, 15) is 0 Å². The number of para-hydroxylation sites is 1. The Morgan fingerprint density at radius 2 is 1.67 bits per heavy atom. The molecule has 0 aliphatic carbocycles. The minimum atomic E-state index is 0.701. The number of hydrogen-bond acceptors (Lipinski definition) is 3. The van der Waals surface area contributed by atoms with E-state index in [1.54, 1.807) is 6.20 Å². The normalized spacial score (nSPS) is 10.5. The maximum absolute atomic E-state index is 5.87. The van der Waals surface area contributed by atoms with E-state index in [2.05, 4.69) is 26.1 Å². The van der Waals surface area contributed by atoms with Gasteiger partial charge in [0.2, 0.25) is 0 Å². The lowest BCUT2D eigenvalue weighted by molar-refractivity contribution is 0.482. The van der Waals surface area contributed by atoms with Crippen LogP contribution in [0.4, 0.5) is 0 Å². The summed E-state index contributed by atoms with van der Waals surface area (Å²) in [6.07, 6.45) is 1.63. The molecule has 0 spiro atoms. The molecule has 3 aromatic rings. The highest BCUT2D eigenvalue weighted by atomic mass is 79.9. The molecule has 0 aliphatic rings. The third kappa shape index (κ3) is 2.07. The average molecular weight is 301 g/mol. The van der Waals surface area contributed by atoms with Crippen LogP contribution in [0.25, 0.3) is 10.9 Å². The molecule has 0 radical (unpaired) electrons. The molecular weight excluding hydrogens is 292 g/mol. The summed E-state index contributed by atoms with van der Waals surface area (Å²) in [4.78, 5) is 0. The summed E-state index contributed by atoms with van der Waals surface area (Å²) in [5.41, 5.74) is 0.821. The Morgan fingerprint density at radius 1 is 0.889 bits per heavy atom. The van der Waals surface area contributed by atoms with E-state index < -0.39 is 0 Å². The van der Waals surface area contributed by atoms with Gasteiger partial charge in [0.1, 0.15) is 5.75 Å². The van der Waals surface area contributed by atoms with E-state index in [1.165, 1.54) is 0 Å². The van der Waals surface area contributed by atoms with E-state index in [1.807, 2.05) is 48.5 Å². The summed E-state index contributed by atoms with van der Waals surface area (Å²) in [5.74, 6) is 1.46. The van der Waals surface area contributed by atoms with Crippen molar-refractivity contribution in [2.24, 2.45) is 0 Å². The lowest BCUT2D eigenvalue weighted by Gasteiger charge is -2.08. The Morgan fingerprint density at radius 3 is 2.56 bits per heavy atom. The van der Waals surface area contributed by atoms with Gasteiger partial charge in [-0.2, -0.15) is 10.2 Å². The zero-order valence-corrected chi connectivity index (χ0v) is 11.0. The van der Waals surface area contributed by atoms with Gasteiger partial charge in [-0.05, 0) is 40.2 Å². The van der Waals surface area contributed by atoms with Crippen LogP contribution in [0.15, 0.2) is 59.2 Å². The highest BCUT2D eigenvalue weighted by molar-refractivity contribution is 9.10. The number of hydrogen-bond donors (Lipinski definition) is 0. The maximum Gasteiger partial charge on any atom is 0.157 e. The van der Waals surface area contributed by atoms with Crippen molar-refractivity contribution in [2.45, 2.75) is 0 Å². The van der Waals surface area contributed by atoms with E-state index in [0.29, 0.717) is 5.75 Å². The predicted molar refractivity (Wildman–Crippen MR) is 73.8 cm³/mol. The zero-order valence-electron chi connectivity index (χ0n) is 9.38. The molecule has 0 amide bonds. The molecule has 1 aromatic heterocycles. The van der Waals surface area contributed by atoms with Gasteiger partial charge in [0.05, 0.1) is 16.2 Å². The minimum absolute atomic E-state index is 0.701. The summed E-state index contributed by atoms with van der Waals surface area (Å²) in [6.45, 7) is 0. The number of rotatable bonds is 2. The number of ether oxygens (including phenoxy) is 1. The summed E-state index contributed by atoms with van der Waals surface area (Å²) in [5, 5.41) is 8.96. The number of nitrogens with zero attached hydrogens (tertiary/aromatic N) is 2. The Labute approximate surface area is 113 Å². The molecular formula is C14H9BrN2O. The predicted octanol–water partition coefficient (Wildman–Crippen LogP) is 4.18. The molecule has 4 heteroatoms. The summed E-state index contributed by atoms with van der Waals surface area (Å²) < 4.78 is 6.78. The van der Waals surface area contributed by atoms with Crippen molar-refractivity contribution in [3.05, 3.63) is 59.2 Å². The molecule has 18 heavy (non-hydrogen) atoms. The number of benzene rings is 2. The van der Waals surface area contributed by atoms with E-state index in [0.717, 1.165) is 21.1 Å². The average Bonchev–Trinajstić information content (AvgIpc) is 2.42. The fourth-order valence-electron chi connectivity index (χ4n) is 1.71. The van der Waals surface area contributed by atoms with Crippen molar-refractivity contribution in [3.63, 3.8) is 0 Å². The first-order chi connectivity index (χ1) is 8.84. The van der Waals surface area contributed by atoms with Crippen LogP contribution in [0.3, 0.4) is 0 Å². The first-order valence-corrected chi connectivity index (χ1v) is 6.27. The van der Waals surface area contributed by atoms with E-state index in [-0.39, 0.29) is 0 Å². The lowest BCUT2D eigenvalue weighted by Crippen LogP contribution is -1.90. The monoisotopic (exact) mass is 300 g/mol. The number of aromatic nitrogens is 2. The van der Waals surface area contributed by atoms with Crippen LogP contribution < -0.4 is 4.74 Å². The molecule has 2 aromatic carbocycles. The second-order valence-electron chi connectivity index (χ2n) is 3.76. The molecule has 0 bridgehead atoms. The van der Waals surface area contributed by atoms with Gasteiger partial charge in [-0.3, -0.25) is 0 Å². The van der Waals surface area contributed by atoms with Gasteiger partial charge in [-0.1, -0.05) is 24.3 Å². The number of halogens is 1.